The Labute approximate surface area is 215 Å². The average molecular weight is 534 g/mol. The van der Waals surface area contributed by atoms with Gasteiger partial charge < -0.3 is 14.2 Å². The minimum atomic E-state index is -5.59. The largest absolute Gasteiger partial charge is 0.494 e. The Morgan fingerprint density at radius 3 is 2.05 bits per heavy atom. The number of halogens is 5. The van der Waals surface area contributed by atoms with Gasteiger partial charge in [0.2, 0.25) is 0 Å². The topological polar surface area (TPSA) is 61.8 Å². The Morgan fingerprint density at radius 1 is 0.789 bits per heavy atom. The highest BCUT2D eigenvalue weighted by Crippen LogP contribution is 2.38. The Kier molecular flexibility index (Phi) is 9.59. The van der Waals surface area contributed by atoms with Gasteiger partial charge in [-0.2, -0.15) is 22.0 Å². The van der Waals surface area contributed by atoms with Crippen LogP contribution in [0.15, 0.2) is 84.9 Å². The summed E-state index contributed by atoms with van der Waals surface area (Å²) in [5, 5.41) is 0. The number of ether oxygens (including phenoxy) is 3. The Balaban J connectivity index is 1.43. The van der Waals surface area contributed by atoms with Crippen LogP contribution in [-0.2, 0) is 16.1 Å². The first-order valence-corrected chi connectivity index (χ1v) is 11.4. The van der Waals surface area contributed by atoms with Crippen LogP contribution < -0.4 is 9.47 Å². The molecule has 0 fully saturated rings. The van der Waals surface area contributed by atoms with Crippen LogP contribution in [0.5, 0.6) is 11.5 Å². The fourth-order valence-electron chi connectivity index (χ4n) is 3.07. The first-order valence-electron chi connectivity index (χ1n) is 11.4. The lowest BCUT2D eigenvalue weighted by molar-refractivity contribution is -0.284. The van der Waals surface area contributed by atoms with Crippen LogP contribution in [0.25, 0.3) is 6.08 Å². The SMILES string of the molecule is O=C(/C=C/c1ccc(OC(=O)c2ccc(OCCCC(F)(F)C(F)(F)F)cc2)cc1)OCc1ccccc1. The van der Waals surface area contributed by atoms with E-state index in [0.29, 0.717) is 5.56 Å². The number of alkyl halides is 5. The lowest BCUT2D eigenvalue weighted by atomic mass is 10.2. The minimum absolute atomic E-state index is 0.160. The van der Waals surface area contributed by atoms with Crippen LogP contribution in [0.1, 0.15) is 34.3 Å². The molecule has 5 nitrogen and oxygen atoms in total. The highest BCUT2D eigenvalue weighted by molar-refractivity contribution is 5.91. The summed E-state index contributed by atoms with van der Waals surface area (Å²) >= 11 is 0. The zero-order valence-electron chi connectivity index (χ0n) is 19.9. The van der Waals surface area contributed by atoms with E-state index in [4.69, 9.17) is 14.2 Å². The number of esters is 2. The Morgan fingerprint density at radius 2 is 1.42 bits per heavy atom. The summed E-state index contributed by atoms with van der Waals surface area (Å²) in [5.74, 6) is -5.49. The number of hydrogen-bond acceptors (Lipinski definition) is 5. The van der Waals surface area contributed by atoms with Gasteiger partial charge in [0.25, 0.3) is 0 Å². The van der Waals surface area contributed by atoms with E-state index in [1.165, 1.54) is 30.3 Å². The molecule has 0 bridgehead atoms. The number of hydrogen-bond donors (Lipinski definition) is 0. The van der Waals surface area contributed by atoms with E-state index in [-0.39, 0.29) is 30.3 Å². The van der Waals surface area contributed by atoms with Crippen LogP contribution >= 0.6 is 0 Å². The van der Waals surface area contributed by atoms with Gasteiger partial charge in [-0.1, -0.05) is 42.5 Å². The van der Waals surface area contributed by atoms with Crippen molar-refractivity contribution in [3.05, 3.63) is 102 Å². The van der Waals surface area contributed by atoms with E-state index in [1.807, 2.05) is 30.3 Å². The molecule has 10 heteroatoms. The van der Waals surface area contributed by atoms with Crippen molar-refractivity contribution in [2.24, 2.45) is 0 Å². The molecule has 0 spiro atoms. The normalized spacial score (nSPS) is 11.8. The van der Waals surface area contributed by atoms with Gasteiger partial charge in [0.1, 0.15) is 18.1 Å². The van der Waals surface area contributed by atoms with Crippen LogP contribution in [0.4, 0.5) is 22.0 Å². The lowest BCUT2D eigenvalue weighted by Crippen LogP contribution is -2.36. The molecule has 38 heavy (non-hydrogen) atoms. The van der Waals surface area contributed by atoms with Gasteiger partial charge >= 0.3 is 24.0 Å². The second-order valence-electron chi connectivity index (χ2n) is 8.06. The zero-order valence-corrected chi connectivity index (χ0v) is 19.9. The summed E-state index contributed by atoms with van der Waals surface area (Å²) in [7, 11) is 0. The van der Waals surface area contributed by atoms with Crippen LogP contribution in [0.2, 0.25) is 0 Å². The summed E-state index contributed by atoms with van der Waals surface area (Å²) < 4.78 is 77.9. The molecule has 0 saturated carbocycles. The molecular weight excluding hydrogens is 511 g/mol. The molecule has 0 aliphatic heterocycles. The third-order valence-electron chi connectivity index (χ3n) is 5.14. The highest BCUT2D eigenvalue weighted by atomic mass is 19.4. The van der Waals surface area contributed by atoms with Gasteiger partial charge in [0.15, 0.2) is 0 Å². The maximum atomic E-state index is 12.9. The molecule has 0 aromatic heterocycles. The molecule has 0 atom stereocenters. The van der Waals surface area contributed by atoms with Crippen molar-refractivity contribution in [3.8, 4) is 11.5 Å². The predicted molar refractivity (Wildman–Crippen MR) is 129 cm³/mol. The molecule has 0 aliphatic carbocycles. The fraction of sp³-hybridized carbons (Fsp3) is 0.214. The average Bonchev–Trinajstić information content (AvgIpc) is 2.90. The van der Waals surface area contributed by atoms with Crippen molar-refractivity contribution < 1.29 is 45.8 Å². The molecule has 0 saturated heterocycles. The molecule has 3 rings (SSSR count). The molecule has 0 N–H and O–H groups in total. The maximum Gasteiger partial charge on any atom is 0.453 e. The molecule has 3 aromatic rings. The van der Waals surface area contributed by atoms with Crippen molar-refractivity contribution in [3.63, 3.8) is 0 Å². The first-order chi connectivity index (χ1) is 18.0. The van der Waals surface area contributed by atoms with Gasteiger partial charge in [-0.3, -0.25) is 0 Å². The molecule has 0 amide bonds. The number of carbonyl (C=O) groups is 2. The highest BCUT2D eigenvalue weighted by Gasteiger charge is 2.56. The van der Waals surface area contributed by atoms with Gasteiger partial charge in [-0.15, -0.1) is 0 Å². The second-order valence-corrected chi connectivity index (χ2v) is 8.06. The monoisotopic (exact) mass is 534 g/mol. The van der Waals surface area contributed by atoms with Crippen LogP contribution in [0.3, 0.4) is 0 Å². The van der Waals surface area contributed by atoms with Crippen molar-refractivity contribution in [2.75, 3.05) is 6.61 Å². The summed E-state index contributed by atoms with van der Waals surface area (Å²) in [6, 6.07) is 21.1. The Hall–Kier alpha value is -4.21. The number of carbonyl (C=O) groups excluding carboxylic acids is 2. The zero-order chi connectivity index (χ0) is 27.6. The molecule has 0 unspecified atom stereocenters. The van der Waals surface area contributed by atoms with Crippen molar-refractivity contribution in [1.82, 2.24) is 0 Å². The second kappa shape index (κ2) is 12.8. The van der Waals surface area contributed by atoms with Crippen molar-refractivity contribution in [1.29, 1.82) is 0 Å². The van der Waals surface area contributed by atoms with Crippen molar-refractivity contribution in [2.45, 2.75) is 31.5 Å². The van der Waals surface area contributed by atoms with E-state index >= 15 is 0 Å². The minimum Gasteiger partial charge on any atom is -0.494 e. The van der Waals surface area contributed by atoms with E-state index in [0.717, 1.165) is 5.56 Å². The van der Waals surface area contributed by atoms with Gasteiger partial charge in [0, 0.05) is 12.5 Å². The predicted octanol–water partition coefficient (Wildman–Crippen LogP) is 7.02. The first kappa shape index (κ1) is 28.4. The van der Waals surface area contributed by atoms with Crippen LogP contribution in [0, 0.1) is 0 Å². The lowest BCUT2D eigenvalue weighted by Gasteiger charge is -2.19. The van der Waals surface area contributed by atoms with E-state index in [9.17, 15) is 31.5 Å². The molecular formula is C28H23F5O5. The van der Waals surface area contributed by atoms with Gasteiger partial charge in [0.05, 0.1) is 12.2 Å². The third kappa shape index (κ3) is 8.72. The standard InChI is InChI=1S/C28H23F5O5/c29-27(30,28(31,32)33)17-4-18-36-23-14-10-22(11-15-23)26(35)38-24-12-7-20(8-13-24)9-16-25(34)37-19-21-5-2-1-3-6-21/h1-3,5-16H,4,17-19H2/b16-9+. The van der Waals surface area contributed by atoms with Gasteiger partial charge in [-0.25, -0.2) is 9.59 Å². The third-order valence-corrected chi connectivity index (χ3v) is 5.14. The van der Waals surface area contributed by atoms with E-state index in [1.54, 1.807) is 30.3 Å². The summed E-state index contributed by atoms with van der Waals surface area (Å²) in [4.78, 5) is 24.2. The molecule has 0 aliphatic rings. The summed E-state index contributed by atoms with van der Waals surface area (Å²) in [6.07, 6.45) is -4.63. The summed E-state index contributed by atoms with van der Waals surface area (Å²) in [6.45, 7) is -0.187. The van der Waals surface area contributed by atoms with E-state index < -0.39 is 36.9 Å². The smallest absolute Gasteiger partial charge is 0.453 e. The fourth-order valence-corrected chi connectivity index (χ4v) is 3.07. The quantitative estimate of drug-likeness (QED) is 0.0870. The maximum absolute atomic E-state index is 12.9. The summed E-state index contributed by atoms with van der Waals surface area (Å²) in [5.41, 5.74) is 1.72. The molecule has 0 radical (unpaired) electrons. The number of benzene rings is 3. The van der Waals surface area contributed by atoms with Crippen molar-refractivity contribution >= 4 is 18.0 Å². The Bertz CT molecular complexity index is 1220. The van der Waals surface area contributed by atoms with E-state index in [2.05, 4.69) is 0 Å². The van der Waals surface area contributed by atoms with Gasteiger partial charge in [-0.05, 0) is 60.0 Å². The molecule has 3 aromatic carbocycles. The molecule has 0 heterocycles. The number of rotatable bonds is 11. The molecule has 200 valence electrons. The van der Waals surface area contributed by atoms with Crippen LogP contribution in [-0.4, -0.2) is 30.6 Å².